The Morgan fingerprint density at radius 3 is 1.12 bits per heavy atom. The Bertz CT molecular complexity index is 891. The van der Waals surface area contributed by atoms with Gasteiger partial charge in [0.1, 0.15) is 12.3 Å². The van der Waals surface area contributed by atoms with Gasteiger partial charge in [0, 0.05) is 12.1 Å². The minimum atomic E-state index is -2.00. The number of rotatable bonds is 0. The summed E-state index contributed by atoms with van der Waals surface area (Å²) in [4.78, 5) is 0. The van der Waals surface area contributed by atoms with E-state index < -0.39 is 44.9 Å². The third kappa shape index (κ3) is 3.40. The first-order valence-corrected chi connectivity index (χ1v) is 5.71. The molecule has 0 saturated heterocycles. The summed E-state index contributed by atoms with van der Waals surface area (Å²) in [7, 11) is 0. The zero-order chi connectivity index (χ0) is 18.3. The Morgan fingerprint density at radius 2 is 0.875 bits per heavy atom. The van der Waals surface area contributed by atoms with Crippen molar-refractivity contribution >= 4 is 11.1 Å². The van der Waals surface area contributed by atoms with E-state index in [9.17, 15) is 26.3 Å². The topological polar surface area (TPSA) is 52.0 Å². The molecule has 0 amide bonds. The summed E-state index contributed by atoms with van der Waals surface area (Å²) in [5.74, 6) is -1.21. The van der Waals surface area contributed by atoms with E-state index in [1.165, 1.54) is 11.8 Å². The van der Waals surface area contributed by atoms with Crippen LogP contribution < -0.4 is 21.9 Å². The molecule has 4 N–H and O–H groups in total. The molecule has 0 aliphatic heterocycles. The van der Waals surface area contributed by atoms with E-state index in [4.69, 9.17) is 11.5 Å². The predicted octanol–water partition coefficient (Wildman–Crippen LogP) is 0.244. The van der Waals surface area contributed by atoms with E-state index in [2.05, 4.69) is 0 Å². The first-order chi connectivity index (χ1) is 11.4. The Kier molecular flexibility index (Phi) is 6.24. The smallest absolute Gasteiger partial charge is 0.171 e. The van der Waals surface area contributed by atoms with Gasteiger partial charge in [-0.15, -0.1) is 8.78 Å². The molecule has 0 aromatic heterocycles. The van der Waals surface area contributed by atoms with Crippen LogP contribution >= 0.6 is 0 Å². The van der Waals surface area contributed by atoms with Gasteiger partial charge in [-0.05, 0) is 23.7 Å². The molecule has 0 unspecified atom stereocenters. The summed E-state index contributed by atoms with van der Waals surface area (Å²) < 4.78 is 80.5. The molecular formula is C16H4F6N2. The summed E-state index contributed by atoms with van der Waals surface area (Å²) in [6.07, 6.45) is 1.41. The van der Waals surface area contributed by atoms with Crippen LogP contribution in [-0.2, 0) is 0 Å². The molecule has 0 radical (unpaired) electrons. The molecule has 24 heavy (non-hydrogen) atoms. The number of hydrogen-bond acceptors (Lipinski definition) is 2. The Labute approximate surface area is 131 Å². The Balaban J connectivity index is 4.35. The molecule has 1 aromatic rings. The van der Waals surface area contributed by atoms with E-state index >= 15 is 0 Å². The summed E-state index contributed by atoms with van der Waals surface area (Å²) in [5, 5.41) is -2.77. The number of halogens is 6. The summed E-state index contributed by atoms with van der Waals surface area (Å²) >= 11 is 0. The summed E-state index contributed by atoms with van der Waals surface area (Å²) in [6, 6.07) is 3.50. The number of nitrogens with two attached hydrogens (primary N) is 2. The van der Waals surface area contributed by atoms with Gasteiger partial charge < -0.3 is 11.5 Å². The molecule has 0 saturated carbocycles. The highest BCUT2D eigenvalue weighted by molar-refractivity contribution is 5.79. The van der Waals surface area contributed by atoms with Crippen LogP contribution in [-0.4, -0.2) is 0 Å². The van der Waals surface area contributed by atoms with Gasteiger partial charge >= 0.3 is 0 Å². The second-order valence-corrected chi connectivity index (χ2v) is 3.73. The second kappa shape index (κ2) is 8.13. The van der Waals surface area contributed by atoms with E-state index in [0.717, 1.165) is 0 Å². The molecule has 0 bridgehead atoms. The van der Waals surface area contributed by atoms with Crippen LogP contribution in [0.25, 0.3) is 11.1 Å². The molecule has 0 atom stereocenters. The molecule has 1 rings (SSSR count). The molecule has 0 fully saturated rings. The van der Waals surface area contributed by atoms with E-state index in [0.29, 0.717) is 12.3 Å². The fraction of sp³-hybridized carbons (Fsp3) is 0. The number of hydrogen-bond donors (Lipinski definition) is 2. The van der Waals surface area contributed by atoms with Crippen molar-refractivity contribution in [3.63, 3.8) is 0 Å². The zero-order valence-electron chi connectivity index (χ0n) is 11.4. The van der Waals surface area contributed by atoms with Crippen LogP contribution in [0.2, 0.25) is 0 Å². The van der Waals surface area contributed by atoms with Gasteiger partial charge in [0.2, 0.25) is 0 Å². The normalized spacial score (nSPS) is 8.25. The maximum atomic E-state index is 14.1. The predicted molar refractivity (Wildman–Crippen MR) is 74.0 cm³/mol. The van der Waals surface area contributed by atoms with Crippen molar-refractivity contribution < 1.29 is 26.3 Å². The van der Waals surface area contributed by atoms with Crippen LogP contribution in [0.3, 0.4) is 0 Å². The van der Waals surface area contributed by atoms with Crippen molar-refractivity contribution in [2.24, 2.45) is 11.5 Å². The van der Waals surface area contributed by atoms with Crippen LogP contribution in [0.1, 0.15) is 0 Å². The van der Waals surface area contributed by atoms with Gasteiger partial charge in [-0.2, -0.15) is 0 Å². The summed E-state index contributed by atoms with van der Waals surface area (Å²) in [5.41, 5.74) is 7.88. The Hall–Kier alpha value is -3.62. The Morgan fingerprint density at radius 1 is 0.583 bits per heavy atom. The lowest BCUT2D eigenvalue weighted by molar-refractivity contribution is 0.434. The highest BCUT2D eigenvalue weighted by Gasteiger charge is 2.21. The van der Waals surface area contributed by atoms with Gasteiger partial charge in [-0.1, -0.05) is 0 Å². The molecule has 0 heterocycles. The standard InChI is InChI=1S/C16H4F6N2/c17-5-1-9(2-6-18)11-13(19)15(21)12(16(22)14(11)20)10(3-7-23)4-8-24/h23-24H2. The highest BCUT2D eigenvalue weighted by Crippen LogP contribution is 2.06. The lowest BCUT2D eigenvalue weighted by Gasteiger charge is -2.03. The van der Waals surface area contributed by atoms with Gasteiger partial charge in [-0.3, -0.25) is 0 Å². The van der Waals surface area contributed by atoms with E-state index in [-0.39, 0.29) is 0 Å². The van der Waals surface area contributed by atoms with Crippen molar-refractivity contribution in [3.8, 4) is 48.1 Å². The molecule has 2 nitrogen and oxygen atoms in total. The molecule has 120 valence electrons. The fourth-order valence-corrected chi connectivity index (χ4v) is 1.62. The largest absolute Gasteiger partial charge is 0.359 e. The SMILES string of the molecule is NC#CC(C#CN)=c1c(F)c(F)c(=C(C#CF)C#CF)c(F)c1F. The van der Waals surface area contributed by atoms with Crippen molar-refractivity contribution in [2.45, 2.75) is 0 Å². The van der Waals surface area contributed by atoms with Gasteiger partial charge in [0.15, 0.2) is 23.3 Å². The third-order valence-electron chi connectivity index (χ3n) is 2.50. The lowest BCUT2D eigenvalue weighted by atomic mass is 10.1. The zero-order valence-corrected chi connectivity index (χ0v) is 11.4. The van der Waals surface area contributed by atoms with E-state index in [1.807, 2.05) is 11.8 Å². The van der Waals surface area contributed by atoms with Crippen LogP contribution in [0.5, 0.6) is 0 Å². The lowest BCUT2D eigenvalue weighted by Crippen LogP contribution is -2.31. The minimum absolute atomic E-state index is 0.705. The maximum Gasteiger partial charge on any atom is 0.171 e. The fourth-order valence-electron chi connectivity index (χ4n) is 1.62. The molecule has 0 spiro atoms. The van der Waals surface area contributed by atoms with Crippen molar-refractivity contribution in [3.05, 3.63) is 33.7 Å². The summed E-state index contributed by atoms with van der Waals surface area (Å²) in [6.45, 7) is 0. The molecule has 1 aromatic carbocycles. The maximum absolute atomic E-state index is 14.1. The highest BCUT2D eigenvalue weighted by atomic mass is 19.2. The quantitative estimate of drug-likeness (QED) is 0.308. The van der Waals surface area contributed by atoms with Crippen molar-refractivity contribution in [1.82, 2.24) is 0 Å². The third-order valence-corrected chi connectivity index (χ3v) is 2.50. The van der Waals surface area contributed by atoms with E-state index in [1.54, 1.807) is 12.1 Å². The van der Waals surface area contributed by atoms with Gasteiger partial charge in [0.05, 0.1) is 21.6 Å². The van der Waals surface area contributed by atoms with Gasteiger partial charge in [-0.25, -0.2) is 17.6 Å². The average molecular weight is 338 g/mol. The van der Waals surface area contributed by atoms with Crippen LogP contribution in [0.15, 0.2) is 0 Å². The molecule has 0 aliphatic carbocycles. The molecular weight excluding hydrogens is 334 g/mol. The second-order valence-electron chi connectivity index (χ2n) is 3.73. The van der Waals surface area contributed by atoms with Crippen molar-refractivity contribution in [1.29, 1.82) is 0 Å². The first kappa shape index (κ1) is 18.4. The van der Waals surface area contributed by atoms with Crippen LogP contribution in [0.4, 0.5) is 26.3 Å². The minimum Gasteiger partial charge on any atom is -0.359 e. The number of benzene rings is 1. The first-order valence-electron chi connectivity index (χ1n) is 5.71. The van der Waals surface area contributed by atoms with Crippen LogP contribution in [0, 0.1) is 71.4 Å². The monoisotopic (exact) mass is 338 g/mol. The van der Waals surface area contributed by atoms with Crippen molar-refractivity contribution in [2.75, 3.05) is 0 Å². The molecule has 8 heteroatoms. The van der Waals surface area contributed by atoms with Gasteiger partial charge in [0.25, 0.3) is 0 Å². The molecule has 0 aliphatic rings. The average Bonchev–Trinajstić information content (AvgIpc) is 2.54.